The van der Waals surface area contributed by atoms with Crippen molar-refractivity contribution in [1.29, 1.82) is 0 Å². The zero-order valence-corrected chi connectivity index (χ0v) is 36.7. The van der Waals surface area contributed by atoms with Crippen LogP contribution in [0.4, 0.5) is 62.3 Å². The number of carbonyl (C=O) groups excluding carboxylic acids is 3. The number of carboxylic acid groups (broad SMARTS) is 1. The van der Waals surface area contributed by atoms with Gasteiger partial charge >= 0.3 is 42.9 Å². The number of hydrogen-bond acceptors (Lipinski definition) is 6. The minimum atomic E-state index is -5.00. The molecule has 0 bridgehead atoms. The molecule has 0 saturated carbocycles. The van der Waals surface area contributed by atoms with Gasteiger partial charge in [0.25, 0.3) is 0 Å². The van der Waals surface area contributed by atoms with Crippen molar-refractivity contribution in [2.75, 3.05) is 14.1 Å². The van der Waals surface area contributed by atoms with E-state index in [2.05, 4.69) is 0 Å². The van der Waals surface area contributed by atoms with Crippen LogP contribution < -0.4 is 0 Å². The molecule has 0 aromatic heterocycles. The summed E-state index contributed by atoms with van der Waals surface area (Å²) in [5, 5.41) is 8.73. The SMILES string of the molecule is CCC(=O)/C=C/c1ccc2c(c1)CCC2N(C)C(=O)OCc1cc(C(F)(F)F)cc(C(F)(F)F)c1.CN(C(=O)OCc1cc(C(F)(F)F)cc(C(F)(F)F)c1)C1CCc2cc(/C=C/C(=O)O)ccc21. The highest BCUT2D eigenvalue weighted by molar-refractivity contribution is 5.93. The minimum Gasteiger partial charge on any atom is -0.478 e. The summed E-state index contributed by atoms with van der Waals surface area (Å²) in [5.74, 6) is -1.10. The van der Waals surface area contributed by atoms with Crippen LogP contribution in [0.25, 0.3) is 12.2 Å². The first-order valence-electron chi connectivity index (χ1n) is 20.8. The van der Waals surface area contributed by atoms with Crippen LogP contribution in [0.5, 0.6) is 0 Å². The van der Waals surface area contributed by atoms with Gasteiger partial charge in [0.15, 0.2) is 5.78 Å². The van der Waals surface area contributed by atoms with Gasteiger partial charge < -0.3 is 24.4 Å². The van der Waals surface area contributed by atoms with Gasteiger partial charge in [-0.25, -0.2) is 14.4 Å². The Bertz CT molecular complexity index is 2550. The molecule has 0 aliphatic heterocycles. The maximum atomic E-state index is 13.0. The predicted octanol–water partition coefficient (Wildman–Crippen LogP) is 13.1. The summed E-state index contributed by atoms with van der Waals surface area (Å²) in [6.07, 6.45) is -13.4. The highest BCUT2D eigenvalue weighted by Gasteiger charge is 2.39. The van der Waals surface area contributed by atoms with Crippen molar-refractivity contribution in [3.63, 3.8) is 0 Å². The number of hydrogen-bond donors (Lipinski definition) is 1. The Kier molecular flexibility index (Phi) is 16.4. The second-order valence-corrected chi connectivity index (χ2v) is 16.0. The van der Waals surface area contributed by atoms with Gasteiger partial charge in [-0.15, -0.1) is 0 Å². The normalized spacial score (nSPS) is 15.9. The molecule has 0 heterocycles. The fourth-order valence-corrected chi connectivity index (χ4v) is 7.67. The minimum absolute atomic E-state index is 0.00558. The number of amides is 2. The molecule has 2 unspecified atom stereocenters. The van der Waals surface area contributed by atoms with E-state index in [-0.39, 0.29) is 24.0 Å². The number of rotatable bonds is 11. The molecule has 2 aliphatic rings. The molecular formula is C48H42F12N2O7. The van der Waals surface area contributed by atoms with Crippen molar-refractivity contribution >= 4 is 36.1 Å². The van der Waals surface area contributed by atoms with E-state index >= 15 is 0 Å². The average molecular weight is 987 g/mol. The van der Waals surface area contributed by atoms with Gasteiger partial charge in [-0.05, 0) is 119 Å². The van der Waals surface area contributed by atoms with Gasteiger partial charge in [-0.3, -0.25) is 4.79 Å². The molecule has 0 fully saturated rings. The summed E-state index contributed by atoms with van der Waals surface area (Å²) in [6, 6.07) is 12.1. The zero-order chi connectivity index (χ0) is 51.2. The first kappa shape index (κ1) is 53.2. The Morgan fingerprint density at radius 2 is 0.913 bits per heavy atom. The van der Waals surface area contributed by atoms with Gasteiger partial charge in [0.1, 0.15) is 13.2 Å². The van der Waals surface area contributed by atoms with E-state index in [1.807, 2.05) is 12.1 Å². The summed E-state index contributed by atoms with van der Waals surface area (Å²) in [4.78, 5) is 49.7. The number of fused-ring (bicyclic) bond motifs is 2. The van der Waals surface area contributed by atoms with Crippen LogP contribution in [0.1, 0.15) is 105 Å². The molecule has 2 amide bonds. The van der Waals surface area contributed by atoms with Crippen LogP contribution in [0.2, 0.25) is 0 Å². The van der Waals surface area contributed by atoms with Crippen molar-refractivity contribution in [3.8, 4) is 0 Å². The molecule has 9 nitrogen and oxygen atoms in total. The third kappa shape index (κ3) is 14.1. The van der Waals surface area contributed by atoms with Crippen LogP contribution in [0, 0.1) is 0 Å². The van der Waals surface area contributed by atoms with E-state index in [4.69, 9.17) is 14.6 Å². The number of carbonyl (C=O) groups is 4. The van der Waals surface area contributed by atoms with Crippen LogP contribution >= 0.6 is 0 Å². The lowest BCUT2D eigenvalue weighted by molar-refractivity contribution is -0.144. The number of ketones is 1. The highest BCUT2D eigenvalue weighted by atomic mass is 19.4. The number of nitrogens with zero attached hydrogens (tertiary/aromatic N) is 2. The summed E-state index contributed by atoms with van der Waals surface area (Å²) in [5.41, 5.74) is -1.74. The van der Waals surface area contributed by atoms with Gasteiger partial charge in [0.2, 0.25) is 0 Å². The van der Waals surface area contributed by atoms with Gasteiger partial charge in [-0.1, -0.05) is 49.4 Å². The van der Waals surface area contributed by atoms with Crippen molar-refractivity contribution in [2.24, 2.45) is 0 Å². The maximum absolute atomic E-state index is 13.0. The zero-order valence-electron chi connectivity index (χ0n) is 36.7. The fourth-order valence-electron chi connectivity index (χ4n) is 7.67. The van der Waals surface area contributed by atoms with E-state index in [9.17, 15) is 71.9 Å². The number of aryl methyl sites for hydroxylation is 2. The van der Waals surface area contributed by atoms with Gasteiger partial charge in [-0.2, -0.15) is 52.7 Å². The smallest absolute Gasteiger partial charge is 0.416 e. The Morgan fingerprint density at radius 3 is 1.23 bits per heavy atom. The van der Waals surface area contributed by atoms with Crippen molar-refractivity contribution in [1.82, 2.24) is 9.80 Å². The lowest BCUT2D eigenvalue weighted by Crippen LogP contribution is -2.30. The summed E-state index contributed by atoms with van der Waals surface area (Å²) in [7, 11) is 2.89. The van der Waals surface area contributed by atoms with Crippen LogP contribution in [0.3, 0.4) is 0 Å². The molecule has 1 N–H and O–H groups in total. The average Bonchev–Trinajstić information content (AvgIpc) is 3.91. The van der Waals surface area contributed by atoms with Crippen LogP contribution in [0.15, 0.2) is 84.9 Å². The molecule has 69 heavy (non-hydrogen) atoms. The summed E-state index contributed by atoms with van der Waals surface area (Å²) in [6.45, 7) is 0.247. The number of halogens is 12. The molecule has 6 rings (SSSR count). The monoisotopic (exact) mass is 986 g/mol. The second kappa shape index (κ2) is 21.2. The topological polar surface area (TPSA) is 113 Å². The Balaban J connectivity index is 0.000000258. The van der Waals surface area contributed by atoms with Crippen molar-refractivity contribution in [2.45, 2.75) is 89.0 Å². The molecule has 21 heteroatoms. The Morgan fingerprint density at radius 1 is 0.565 bits per heavy atom. The molecule has 2 atom stereocenters. The van der Waals surface area contributed by atoms with Crippen molar-refractivity contribution < 1.29 is 86.4 Å². The third-order valence-corrected chi connectivity index (χ3v) is 11.2. The molecule has 4 aromatic rings. The first-order chi connectivity index (χ1) is 32.0. The largest absolute Gasteiger partial charge is 0.478 e. The maximum Gasteiger partial charge on any atom is 0.416 e. The molecule has 2 aliphatic carbocycles. The second-order valence-electron chi connectivity index (χ2n) is 16.0. The van der Waals surface area contributed by atoms with E-state index in [0.717, 1.165) is 33.9 Å². The quantitative estimate of drug-likeness (QED) is 0.118. The molecule has 0 radical (unpaired) electrons. The number of benzene rings is 4. The standard InChI is InChI=1S/C25H23F6NO3.C23H19F6NO4/c1-3-20(33)7-4-15-5-8-21-17(10-15)6-9-22(21)32(2)23(34)35-14-16-11-18(24(26,27)28)13-19(12-16)25(29,30)31;1-30(19-6-4-15-8-13(2-5-18(15)19)3-7-20(31)32)21(33)34-12-14-9-16(22(24,25)26)11-17(10-14)23(27,28)29/h4-5,7-8,10-13,22H,3,6,9,14H2,1-2H3;2-3,5,7-11,19H,4,6,12H2,1H3,(H,31,32)/b7-4+;7-3+. The number of aliphatic carboxylic acids is 1. The number of allylic oxidation sites excluding steroid dienone is 1. The lowest BCUT2D eigenvalue weighted by Gasteiger charge is -2.25. The number of carboxylic acids is 1. The highest BCUT2D eigenvalue weighted by Crippen LogP contribution is 2.40. The molecule has 0 spiro atoms. The molecule has 370 valence electrons. The van der Waals surface area contributed by atoms with E-state index in [0.29, 0.717) is 61.9 Å². The molecular weight excluding hydrogens is 945 g/mol. The Hall–Kier alpha value is -6.80. The van der Waals surface area contributed by atoms with E-state index in [1.165, 1.54) is 36.0 Å². The molecule has 0 saturated heterocycles. The van der Waals surface area contributed by atoms with Crippen LogP contribution in [-0.2, 0) is 69.8 Å². The van der Waals surface area contributed by atoms with Crippen molar-refractivity contribution in [3.05, 3.63) is 152 Å². The van der Waals surface area contributed by atoms with E-state index in [1.54, 1.807) is 37.3 Å². The number of alkyl halides is 12. The van der Waals surface area contributed by atoms with Gasteiger partial charge in [0, 0.05) is 26.6 Å². The lowest BCUT2D eigenvalue weighted by atomic mass is 10.0. The number of ether oxygens (including phenoxy) is 2. The molecule has 4 aromatic carbocycles. The van der Waals surface area contributed by atoms with E-state index < -0.39 is 95.5 Å². The van der Waals surface area contributed by atoms with Gasteiger partial charge in [0.05, 0.1) is 34.3 Å². The summed E-state index contributed by atoms with van der Waals surface area (Å²) >= 11 is 0. The van der Waals surface area contributed by atoms with Crippen LogP contribution in [-0.4, -0.2) is 52.9 Å². The fraction of sp³-hybridized carbons (Fsp3) is 0.333. The predicted molar refractivity (Wildman–Crippen MR) is 225 cm³/mol. The first-order valence-corrected chi connectivity index (χ1v) is 20.8. The third-order valence-electron chi connectivity index (χ3n) is 11.2. The Labute approximate surface area is 386 Å². The summed E-state index contributed by atoms with van der Waals surface area (Å²) < 4.78 is 166.